The van der Waals surface area contributed by atoms with E-state index in [1.807, 2.05) is 12.1 Å². The lowest BCUT2D eigenvalue weighted by molar-refractivity contribution is 0.581. The molecule has 0 aliphatic carbocycles. The summed E-state index contributed by atoms with van der Waals surface area (Å²) in [6.07, 6.45) is 0.543. The van der Waals surface area contributed by atoms with Crippen molar-refractivity contribution >= 4 is 44.8 Å². The minimum Gasteiger partial charge on any atom is -0.211 e. The lowest BCUT2D eigenvalue weighted by atomic mass is 10.2. The fraction of sp³-hybridized carbons (Fsp3) is 0.143. The summed E-state index contributed by atoms with van der Waals surface area (Å²) in [7, 11) is -3.61. The Morgan fingerprint density at radius 2 is 1.71 bits per heavy atom. The highest BCUT2D eigenvalue weighted by Crippen LogP contribution is 2.24. The summed E-state index contributed by atoms with van der Waals surface area (Å²) in [6, 6.07) is 11.5. The van der Waals surface area contributed by atoms with Crippen LogP contribution in [-0.2, 0) is 16.4 Å². The number of rotatable bonds is 5. The van der Waals surface area contributed by atoms with E-state index in [1.165, 1.54) is 18.2 Å². The predicted molar refractivity (Wildman–Crippen MR) is 86.8 cm³/mol. The highest BCUT2D eigenvalue weighted by Gasteiger charge is 2.14. The second kappa shape index (κ2) is 6.99. The summed E-state index contributed by atoms with van der Waals surface area (Å²) in [5.74, 6) is 0. The van der Waals surface area contributed by atoms with Gasteiger partial charge in [-0.1, -0.05) is 46.9 Å². The van der Waals surface area contributed by atoms with E-state index in [4.69, 9.17) is 34.8 Å². The van der Waals surface area contributed by atoms with Gasteiger partial charge in [-0.3, -0.25) is 0 Å². The van der Waals surface area contributed by atoms with Crippen LogP contribution in [0.4, 0.5) is 0 Å². The van der Waals surface area contributed by atoms with Crippen molar-refractivity contribution in [2.24, 2.45) is 0 Å². The van der Waals surface area contributed by atoms with Gasteiger partial charge in [-0.15, -0.1) is 0 Å². The summed E-state index contributed by atoms with van der Waals surface area (Å²) in [5.41, 5.74) is 0.958. The van der Waals surface area contributed by atoms with Gasteiger partial charge < -0.3 is 0 Å². The van der Waals surface area contributed by atoms with Gasteiger partial charge in [0.2, 0.25) is 10.0 Å². The number of hydrogen-bond acceptors (Lipinski definition) is 2. The molecule has 0 saturated heterocycles. The highest BCUT2D eigenvalue weighted by atomic mass is 35.5. The predicted octanol–water partition coefficient (Wildman–Crippen LogP) is 4.17. The van der Waals surface area contributed by atoms with Gasteiger partial charge in [0, 0.05) is 11.6 Å². The summed E-state index contributed by atoms with van der Waals surface area (Å²) in [5, 5.41) is 1.14. The summed E-state index contributed by atoms with van der Waals surface area (Å²) >= 11 is 17.5. The van der Waals surface area contributed by atoms with Gasteiger partial charge in [0.1, 0.15) is 0 Å². The van der Waals surface area contributed by atoms with Gasteiger partial charge in [0.15, 0.2) is 0 Å². The first-order chi connectivity index (χ1) is 9.88. The SMILES string of the molecule is O=S(=O)(NCCc1cccc(Cl)c1)c1ccc(Cl)c(Cl)c1. The standard InChI is InChI=1S/C14H12Cl3NO2S/c15-11-3-1-2-10(8-11)6-7-18-21(19,20)12-4-5-13(16)14(17)9-12/h1-5,8-9,18H,6-7H2. The van der Waals surface area contributed by atoms with Crippen LogP contribution < -0.4 is 4.72 Å². The van der Waals surface area contributed by atoms with Crippen molar-refractivity contribution in [3.63, 3.8) is 0 Å². The lowest BCUT2D eigenvalue weighted by Crippen LogP contribution is -2.26. The Labute approximate surface area is 138 Å². The van der Waals surface area contributed by atoms with E-state index in [0.717, 1.165) is 5.56 Å². The largest absolute Gasteiger partial charge is 0.240 e. The smallest absolute Gasteiger partial charge is 0.211 e. The maximum atomic E-state index is 12.1. The van der Waals surface area contributed by atoms with E-state index in [0.29, 0.717) is 16.5 Å². The zero-order valence-corrected chi connectivity index (χ0v) is 13.9. The fourth-order valence-corrected chi connectivity index (χ4v) is 3.38. The van der Waals surface area contributed by atoms with E-state index in [2.05, 4.69) is 4.72 Å². The van der Waals surface area contributed by atoms with E-state index in [-0.39, 0.29) is 16.5 Å². The molecule has 1 N–H and O–H groups in total. The zero-order chi connectivity index (χ0) is 15.5. The van der Waals surface area contributed by atoms with Crippen molar-refractivity contribution in [1.82, 2.24) is 4.72 Å². The molecule has 0 unspecified atom stereocenters. The molecule has 7 heteroatoms. The van der Waals surface area contributed by atoms with Gasteiger partial charge in [0.25, 0.3) is 0 Å². The van der Waals surface area contributed by atoms with Crippen molar-refractivity contribution in [2.75, 3.05) is 6.54 Å². The minimum absolute atomic E-state index is 0.0861. The molecule has 0 aromatic heterocycles. The van der Waals surface area contributed by atoms with E-state index >= 15 is 0 Å². The third-order valence-corrected chi connectivity index (χ3v) is 5.23. The first-order valence-corrected chi connectivity index (χ1v) is 8.69. The van der Waals surface area contributed by atoms with Gasteiger partial charge >= 0.3 is 0 Å². The fourth-order valence-electron chi connectivity index (χ4n) is 1.75. The summed E-state index contributed by atoms with van der Waals surface area (Å²) in [4.78, 5) is 0.0861. The Morgan fingerprint density at radius 1 is 0.952 bits per heavy atom. The number of sulfonamides is 1. The van der Waals surface area contributed by atoms with Crippen molar-refractivity contribution in [2.45, 2.75) is 11.3 Å². The third kappa shape index (κ3) is 4.59. The van der Waals surface area contributed by atoms with Crippen LogP contribution in [0.25, 0.3) is 0 Å². The quantitative estimate of drug-likeness (QED) is 0.865. The molecular formula is C14H12Cl3NO2S. The minimum atomic E-state index is -3.61. The van der Waals surface area contributed by atoms with Gasteiger partial charge in [-0.2, -0.15) is 0 Å². The first-order valence-electron chi connectivity index (χ1n) is 6.08. The van der Waals surface area contributed by atoms with Crippen molar-refractivity contribution in [1.29, 1.82) is 0 Å². The Kier molecular flexibility index (Phi) is 5.52. The molecule has 0 atom stereocenters. The molecule has 0 spiro atoms. The second-order valence-corrected chi connectivity index (χ2v) is 7.37. The Bertz CT molecular complexity index is 748. The molecule has 2 aromatic rings. The van der Waals surface area contributed by atoms with E-state index in [1.54, 1.807) is 12.1 Å². The van der Waals surface area contributed by atoms with Crippen LogP contribution in [0, 0.1) is 0 Å². The van der Waals surface area contributed by atoms with Crippen LogP contribution in [0.3, 0.4) is 0 Å². The normalized spacial score (nSPS) is 11.6. The van der Waals surface area contributed by atoms with Crippen molar-refractivity contribution in [3.05, 3.63) is 63.1 Å². The van der Waals surface area contributed by atoms with E-state index < -0.39 is 10.0 Å². The molecular weight excluding hydrogens is 353 g/mol. The molecule has 0 bridgehead atoms. The topological polar surface area (TPSA) is 46.2 Å². The van der Waals surface area contributed by atoms with E-state index in [9.17, 15) is 8.42 Å². The molecule has 0 aliphatic heterocycles. The van der Waals surface area contributed by atoms with Crippen LogP contribution in [0.2, 0.25) is 15.1 Å². The number of benzene rings is 2. The molecule has 0 radical (unpaired) electrons. The summed E-state index contributed by atoms with van der Waals surface area (Å²) in [6.45, 7) is 0.267. The molecule has 2 aromatic carbocycles. The molecule has 0 fully saturated rings. The van der Waals surface area contributed by atoms with Crippen LogP contribution in [0.15, 0.2) is 47.4 Å². The zero-order valence-electron chi connectivity index (χ0n) is 10.8. The molecule has 21 heavy (non-hydrogen) atoms. The summed E-state index contributed by atoms with van der Waals surface area (Å²) < 4.78 is 26.7. The molecule has 0 aliphatic rings. The molecule has 3 nitrogen and oxygen atoms in total. The molecule has 0 heterocycles. The number of nitrogens with one attached hydrogen (secondary N) is 1. The highest BCUT2D eigenvalue weighted by molar-refractivity contribution is 7.89. The molecule has 0 saturated carbocycles. The van der Waals surface area contributed by atoms with Crippen LogP contribution in [0.1, 0.15) is 5.56 Å². The molecule has 112 valence electrons. The third-order valence-electron chi connectivity index (χ3n) is 2.80. The van der Waals surface area contributed by atoms with Gasteiger partial charge in [-0.05, 0) is 42.3 Å². The van der Waals surface area contributed by atoms with Crippen LogP contribution in [-0.4, -0.2) is 15.0 Å². The Morgan fingerprint density at radius 3 is 2.38 bits per heavy atom. The van der Waals surface area contributed by atoms with Gasteiger partial charge in [-0.25, -0.2) is 13.1 Å². The van der Waals surface area contributed by atoms with Crippen molar-refractivity contribution in [3.8, 4) is 0 Å². The van der Waals surface area contributed by atoms with Crippen LogP contribution >= 0.6 is 34.8 Å². The average molecular weight is 365 g/mol. The van der Waals surface area contributed by atoms with Gasteiger partial charge in [0.05, 0.1) is 14.9 Å². The molecule has 0 amide bonds. The maximum Gasteiger partial charge on any atom is 0.240 e. The Balaban J connectivity index is 2.03. The lowest BCUT2D eigenvalue weighted by Gasteiger charge is -2.08. The first kappa shape index (κ1) is 16.6. The monoisotopic (exact) mass is 363 g/mol. The molecule has 2 rings (SSSR count). The van der Waals surface area contributed by atoms with Crippen molar-refractivity contribution < 1.29 is 8.42 Å². The second-order valence-electron chi connectivity index (χ2n) is 4.35. The maximum absolute atomic E-state index is 12.1. The number of hydrogen-bond donors (Lipinski definition) is 1. The average Bonchev–Trinajstić information content (AvgIpc) is 2.41. The number of halogens is 3. The Hall–Kier alpha value is -0.780. The van der Waals surface area contributed by atoms with Crippen LogP contribution in [0.5, 0.6) is 0 Å².